The molecule has 0 bridgehead atoms. The van der Waals surface area contributed by atoms with Gasteiger partial charge in [-0.2, -0.15) is 0 Å². The first kappa shape index (κ1) is 24.3. The van der Waals surface area contributed by atoms with E-state index >= 15 is 0 Å². The van der Waals surface area contributed by atoms with Gasteiger partial charge in [0.15, 0.2) is 6.61 Å². The quantitative estimate of drug-likeness (QED) is 0.436. The van der Waals surface area contributed by atoms with Crippen LogP contribution < -0.4 is 9.64 Å². The Hall–Kier alpha value is -3.88. The van der Waals surface area contributed by atoms with Crippen LogP contribution in [0.4, 0.5) is 16.2 Å². The van der Waals surface area contributed by atoms with Crippen molar-refractivity contribution in [2.75, 3.05) is 18.1 Å². The third-order valence-corrected chi connectivity index (χ3v) is 6.02. The summed E-state index contributed by atoms with van der Waals surface area (Å²) in [4.78, 5) is 25.5. The Kier molecular flexibility index (Phi) is 7.33. The van der Waals surface area contributed by atoms with Gasteiger partial charge in [-0.25, -0.2) is 14.5 Å². The fraction of sp³-hybridized carbons (Fsp3) is 0.259. The number of rotatable bonds is 7. The first-order valence-electron chi connectivity index (χ1n) is 11.3. The van der Waals surface area contributed by atoms with E-state index in [1.165, 1.54) is 4.90 Å². The van der Waals surface area contributed by atoms with E-state index < -0.39 is 37.0 Å². The van der Waals surface area contributed by atoms with Crippen molar-refractivity contribution in [3.05, 3.63) is 90.0 Å². The molecule has 4 rings (SSSR count). The topological polar surface area (TPSA) is 117 Å². The number of amides is 1. The maximum atomic E-state index is 13.2. The van der Waals surface area contributed by atoms with E-state index in [0.717, 1.165) is 0 Å². The van der Waals surface area contributed by atoms with Crippen molar-refractivity contribution >= 4 is 23.4 Å². The second kappa shape index (κ2) is 10.6. The van der Waals surface area contributed by atoms with Crippen LogP contribution in [0.5, 0.6) is 5.75 Å². The second-order valence-corrected chi connectivity index (χ2v) is 8.43. The Morgan fingerprint density at radius 2 is 1.57 bits per heavy atom. The number of anilines is 2. The van der Waals surface area contributed by atoms with E-state index in [9.17, 15) is 19.8 Å². The Morgan fingerprint density at radius 3 is 2.17 bits per heavy atom. The largest absolute Gasteiger partial charge is 0.482 e. The number of ether oxygens (including phenoxy) is 2. The van der Waals surface area contributed by atoms with Crippen LogP contribution in [0.15, 0.2) is 78.9 Å². The Bertz CT molecular complexity index is 1130. The number of carboxylic acid groups (broad SMARTS) is 1. The molecule has 1 amide bonds. The molecule has 0 saturated carbocycles. The number of aliphatic carboxylic acids is 1. The van der Waals surface area contributed by atoms with Crippen molar-refractivity contribution in [2.45, 2.75) is 31.0 Å². The molecule has 2 atom stereocenters. The minimum absolute atomic E-state index is 0.172. The Morgan fingerprint density at radius 1 is 0.943 bits per heavy atom. The molecule has 0 aromatic heterocycles. The molecule has 3 aromatic rings. The highest BCUT2D eigenvalue weighted by Gasteiger charge is 2.41. The smallest absolute Gasteiger partial charge is 0.419 e. The summed E-state index contributed by atoms with van der Waals surface area (Å²) in [6, 6.07) is 22.9. The molecule has 0 spiro atoms. The normalized spacial score (nSPS) is 19.2. The van der Waals surface area contributed by atoms with Crippen molar-refractivity contribution < 1.29 is 34.4 Å². The highest BCUT2D eigenvalue weighted by molar-refractivity contribution is 5.95. The lowest BCUT2D eigenvalue weighted by Gasteiger charge is -2.33. The van der Waals surface area contributed by atoms with Gasteiger partial charge in [-0.1, -0.05) is 48.5 Å². The van der Waals surface area contributed by atoms with Crippen LogP contribution in [-0.2, 0) is 16.0 Å². The van der Waals surface area contributed by atoms with Gasteiger partial charge in [0.2, 0.25) is 0 Å². The lowest BCUT2D eigenvalue weighted by atomic mass is 9.89. The Balaban J connectivity index is 1.55. The maximum Gasteiger partial charge on any atom is 0.419 e. The standard InChI is InChI=1S/C27H27NO7/c29-24(30)17-34-23-15-7-13-22-21(23)14-8-16-27(33,25(22)31)18-35-26(32)28(19-9-3-1-4-10-19)20-11-5-2-6-12-20/h1-7,9-13,15,25,31,33H,8,14,16-18H2,(H,29,30). The number of aliphatic hydroxyl groups excluding tert-OH is 1. The fourth-order valence-electron chi connectivity index (χ4n) is 4.29. The zero-order valence-corrected chi connectivity index (χ0v) is 19.0. The molecule has 0 radical (unpaired) electrons. The van der Waals surface area contributed by atoms with E-state index in [-0.39, 0.29) is 6.42 Å². The number of para-hydroxylation sites is 2. The van der Waals surface area contributed by atoms with Crippen molar-refractivity contribution in [3.63, 3.8) is 0 Å². The predicted molar refractivity (Wildman–Crippen MR) is 129 cm³/mol. The summed E-state index contributed by atoms with van der Waals surface area (Å²) in [6.45, 7) is -0.938. The van der Waals surface area contributed by atoms with Gasteiger partial charge in [0.1, 0.15) is 24.1 Å². The molecule has 1 aliphatic rings. The summed E-state index contributed by atoms with van der Waals surface area (Å²) >= 11 is 0. The van der Waals surface area contributed by atoms with Gasteiger partial charge >= 0.3 is 12.1 Å². The zero-order chi connectivity index (χ0) is 24.8. The van der Waals surface area contributed by atoms with Crippen LogP contribution in [-0.4, -0.2) is 46.2 Å². The number of nitrogens with zero attached hydrogens (tertiary/aromatic N) is 1. The molecule has 2 unspecified atom stereocenters. The molecule has 0 heterocycles. The molecule has 8 heteroatoms. The molecule has 0 fully saturated rings. The molecule has 0 saturated heterocycles. The molecule has 3 aromatic carbocycles. The van der Waals surface area contributed by atoms with Gasteiger partial charge in [-0.3, -0.25) is 0 Å². The number of carboxylic acids is 1. The summed E-state index contributed by atoms with van der Waals surface area (Å²) in [6.07, 6.45) is -0.926. The number of benzene rings is 3. The second-order valence-electron chi connectivity index (χ2n) is 8.43. The zero-order valence-electron chi connectivity index (χ0n) is 19.0. The number of aliphatic hydroxyl groups is 2. The number of fused-ring (bicyclic) bond motifs is 1. The third-order valence-electron chi connectivity index (χ3n) is 6.02. The maximum absolute atomic E-state index is 13.2. The summed E-state index contributed by atoms with van der Waals surface area (Å²) in [5, 5.41) is 31.4. The van der Waals surface area contributed by atoms with Crippen LogP contribution in [0.3, 0.4) is 0 Å². The highest BCUT2D eigenvalue weighted by Crippen LogP contribution is 2.40. The molecule has 0 aliphatic heterocycles. The van der Waals surface area contributed by atoms with Gasteiger partial charge in [0.05, 0.1) is 11.4 Å². The van der Waals surface area contributed by atoms with Crippen LogP contribution in [0.25, 0.3) is 0 Å². The first-order valence-corrected chi connectivity index (χ1v) is 11.3. The van der Waals surface area contributed by atoms with Crippen LogP contribution in [0.1, 0.15) is 30.1 Å². The van der Waals surface area contributed by atoms with Gasteiger partial charge in [-0.15, -0.1) is 0 Å². The lowest BCUT2D eigenvalue weighted by molar-refractivity contribution is -0.139. The van der Waals surface area contributed by atoms with Gasteiger partial charge in [0, 0.05) is 5.56 Å². The van der Waals surface area contributed by atoms with Crippen LogP contribution in [0, 0.1) is 0 Å². The molecular formula is C27H27NO7. The third kappa shape index (κ3) is 5.45. The molecule has 8 nitrogen and oxygen atoms in total. The van der Waals surface area contributed by atoms with Gasteiger partial charge in [0.25, 0.3) is 0 Å². The van der Waals surface area contributed by atoms with Gasteiger partial charge < -0.3 is 24.8 Å². The predicted octanol–water partition coefficient (Wildman–Crippen LogP) is 4.23. The number of hydrogen-bond donors (Lipinski definition) is 3. The summed E-state index contributed by atoms with van der Waals surface area (Å²) < 4.78 is 11.0. The number of carbonyl (C=O) groups is 2. The molecule has 1 aliphatic carbocycles. The minimum Gasteiger partial charge on any atom is -0.482 e. The van der Waals surface area contributed by atoms with E-state index in [1.54, 1.807) is 42.5 Å². The average molecular weight is 478 g/mol. The van der Waals surface area contributed by atoms with Crippen molar-refractivity contribution in [1.82, 2.24) is 0 Å². The molecule has 35 heavy (non-hydrogen) atoms. The van der Waals surface area contributed by atoms with E-state index in [4.69, 9.17) is 14.6 Å². The highest BCUT2D eigenvalue weighted by atomic mass is 16.6. The summed E-state index contributed by atoms with van der Waals surface area (Å²) in [7, 11) is 0. The van der Waals surface area contributed by atoms with Crippen LogP contribution >= 0.6 is 0 Å². The van der Waals surface area contributed by atoms with Gasteiger partial charge in [-0.05, 0) is 55.2 Å². The average Bonchev–Trinajstić information content (AvgIpc) is 3.00. The van der Waals surface area contributed by atoms with Crippen molar-refractivity contribution in [3.8, 4) is 5.75 Å². The molecule has 3 N–H and O–H groups in total. The van der Waals surface area contributed by atoms with E-state index in [0.29, 0.717) is 41.1 Å². The molecular weight excluding hydrogens is 450 g/mol. The SMILES string of the molecule is O=C(O)COc1cccc2c1CCCC(O)(COC(=O)N(c1ccccc1)c1ccccc1)C2O. The van der Waals surface area contributed by atoms with Crippen molar-refractivity contribution in [2.24, 2.45) is 0 Å². The Labute approximate surface area is 203 Å². The monoisotopic (exact) mass is 477 g/mol. The van der Waals surface area contributed by atoms with Crippen LogP contribution in [0.2, 0.25) is 0 Å². The van der Waals surface area contributed by atoms with E-state index in [1.807, 2.05) is 36.4 Å². The minimum atomic E-state index is -1.73. The fourth-order valence-corrected chi connectivity index (χ4v) is 4.29. The summed E-state index contributed by atoms with van der Waals surface area (Å²) in [5.74, 6) is -0.758. The molecule has 182 valence electrons. The number of hydrogen-bond acceptors (Lipinski definition) is 6. The number of carbonyl (C=O) groups excluding carboxylic acids is 1. The van der Waals surface area contributed by atoms with Crippen molar-refractivity contribution in [1.29, 1.82) is 0 Å². The lowest BCUT2D eigenvalue weighted by Crippen LogP contribution is -2.43. The summed E-state index contributed by atoms with van der Waals surface area (Å²) in [5.41, 5.74) is 0.529. The first-order chi connectivity index (χ1) is 16.9. The van der Waals surface area contributed by atoms with E-state index in [2.05, 4.69) is 0 Å².